The maximum atomic E-state index is 12.3. The summed E-state index contributed by atoms with van der Waals surface area (Å²) in [5.74, 6) is 0.730. The third-order valence-electron chi connectivity index (χ3n) is 4.01. The second-order valence-electron chi connectivity index (χ2n) is 6.28. The highest BCUT2D eigenvalue weighted by atomic mass is 32.2. The number of nitrogens with one attached hydrogen (secondary N) is 1. The third-order valence-corrected chi connectivity index (χ3v) is 5.22. The van der Waals surface area contributed by atoms with Crippen LogP contribution in [0.1, 0.15) is 34.1 Å². The Hall–Kier alpha value is -1.76. The van der Waals surface area contributed by atoms with Gasteiger partial charge in [-0.2, -0.15) is 0 Å². The molecular formula is C17H28N2O4S. The number of nitrogens with zero attached hydrogens (tertiary/aromatic N) is 1. The lowest BCUT2D eigenvalue weighted by molar-refractivity contribution is -0.129. The summed E-state index contributed by atoms with van der Waals surface area (Å²) in [7, 11) is -1.82. The van der Waals surface area contributed by atoms with Crippen LogP contribution in [0.2, 0.25) is 0 Å². The summed E-state index contributed by atoms with van der Waals surface area (Å²) >= 11 is 0. The van der Waals surface area contributed by atoms with E-state index in [1.807, 2.05) is 27.7 Å². The molecule has 1 rings (SSSR count). The second-order valence-corrected chi connectivity index (χ2v) is 8.29. The number of anilines is 1. The number of hydrogen-bond acceptors (Lipinski definition) is 4. The number of rotatable bonds is 8. The number of amides is 1. The largest absolute Gasteiger partial charge is 0.481 e. The molecule has 0 heterocycles. The van der Waals surface area contributed by atoms with E-state index in [0.717, 1.165) is 6.26 Å². The van der Waals surface area contributed by atoms with Crippen molar-refractivity contribution in [3.05, 3.63) is 24.3 Å². The van der Waals surface area contributed by atoms with Crippen LogP contribution in [-0.2, 0) is 14.8 Å². The van der Waals surface area contributed by atoms with Gasteiger partial charge in [-0.15, -0.1) is 0 Å². The van der Waals surface area contributed by atoms with Gasteiger partial charge in [0.25, 0.3) is 5.91 Å². The maximum Gasteiger partial charge on any atom is 0.261 e. The van der Waals surface area contributed by atoms with E-state index in [0.29, 0.717) is 23.8 Å². The molecular weight excluding hydrogens is 328 g/mol. The molecule has 0 aliphatic carbocycles. The molecule has 1 amide bonds. The quantitative estimate of drug-likeness (QED) is 0.776. The van der Waals surface area contributed by atoms with E-state index < -0.39 is 16.1 Å². The van der Waals surface area contributed by atoms with Gasteiger partial charge in [0.1, 0.15) is 5.75 Å². The van der Waals surface area contributed by atoms with E-state index in [4.69, 9.17) is 4.74 Å². The number of hydrogen-bond donors (Lipinski definition) is 1. The van der Waals surface area contributed by atoms with Gasteiger partial charge < -0.3 is 10.1 Å². The summed E-state index contributed by atoms with van der Waals surface area (Å²) in [5, 5.41) is 2.95. The van der Waals surface area contributed by atoms with Crippen molar-refractivity contribution in [3.8, 4) is 5.75 Å². The van der Waals surface area contributed by atoms with Crippen molar-refractivity contribution in [2.45, 2.75) is 46.3 Å². The number of benzene rings is 1. The highest BCUT2D eigenvalue weighted by Gasteiger charge is 2.21. The van der Waals surface area contributed by atoms with Gasteiger partial charge in [0.2, 0.25) is 10.0 Å². The van der Waals surface area contributed by atoms with Crippen LogP contribution in [0.4, 0.5) is 5.69 Å². The molecule has 0 radical (unpaired) electrons. The van der Waals surface area contributed by atoms with Crippen LogP contribution in [0.15, 0.2) is 24.3 Å². The number of carbonyl (C=O) groups excluding carboxylic acids is 1. The molecule has 0 unspecified atom stereocenters. The first-order chi connectivity index (χ1) is 11.1. The van der Waals surface area contributed by atoms with E-state index in [1.165, 1.54) is 11.4 Å². The molecule has 0 aromatic heterocycles. The molecule has 0 aliphatic rings. The third kappa shape index (κ3) is 5.70. The normalized spacial score (nSPS) is 14.1. The molecule has 0 saturated carbocycles. The average molecular weight is 356 g/mol. The smallest absolute Gasteiger partial charge is 0.261 e. The average Bonchev–Trinajstić information content (AvgIpc) is 2.51. The van der Waals surface area contributed by atoms with Crippen molar-refractivity contribution in [3.63, 3.8) is 0 Å². The molecule has 1 aromatic rings. The van der Waals surface area contributed by atoms with Crippen LogP contribution in [-0.4, -0.2) is 39.8 Å². The summed E-state index contributed by atoms with van der Waals surface area (Å²) in [6.45, 7) is 7.94. The Balaban J connectivity index is 2.78. The van der Waals surface area contributed by atoms with Crippen LogP contribution in [0.5, 0.6) is 5.75 Å². The molecule has 0 fully saturated rings. The Bertz CT molecular complexity index is 641. The molecule has 0 bridgehead atoms. The summed E-state index contributed by atoms with van der Waals surface area (Å²) < 4.78 is 30.0. The first-order valence-corrected chi connectivity index (χ1v) is 9.92. The molecule has 0 spiro atoms. The minimum Gasteiger partial charge on any atom is -0.481 e. The fraction of sp³-hybridized carbons (Fsp3) is 0.588. The molecule has 6 nitrogen and oxygen atoms in total. The summed E-state index contributed by atoms with van der Waals surface area (Å²) in [6, 6.07) is 6.70. The Morgan fingerprint density at radius 2 is 1.75 bits per heavy atom. The van der Waals surface area contributed by atoms with Gasteiger partial charge in [-0.05, 0) is 43.5 Å². The molecule has 2 atom stereocenters. The van der Waals surface area contributed by atoms with Crippen molar-refractivity contribution in [1.82, 2.24) is 5.32 Å². The Morgan fingerprint density at radius 3 is 2.17 bits per heavy atom. The monoisotopic (exact) mass is 356 g/mol. The van der Waals surface area contributed by atoms with Crippen molar-refractivity contribution < 1.29 is 17.9 Å². The molecule has 0 saturated heterocycles. The minimum atomic E-state index is -3.30. The Labute approximate surface area is 145 Å². The molecule has 0 aliphatic heterocycles. The zero-order valence-corrected chi connectivity index (χ0v) is 16.1. The maximum absolute atomic E-state index is 12.3. The summed E-state index contributed by atoms with van der Waals surface area (Å²) in [4.78, 5) is 12.3. The van der Waals surface area contributed by atoms with E-state index in [1.54, 1.807) is 24.3 Å². The van der Waals surface area contributed by atoms with Gasteiger partial charge in [-0.3, -0.25) is 9.10 Å². The zero-order valence-electron chi connectivity index (χ0n) is 15.2. The molecule has 136 valence electrons. The van der Waals surface area contributed by atoms with E-state index in [9.17, 15) is 13.2 Å². The highest BCUT2D eigenvalue weighted by Crippen LogP contribution is 2.21. The van der Waals surface area contributed by atoms with Crippen molar-refractivity contribution in [2.75, 3.05) is 17.6 Å². The van der Waals surface area contributed by atoms with Crippen molar-refractivity contribution >= 4 is 21.6 Å². The van der Waals surface area contributed by atoms with Crippen molar-refractivity contribution in [1.29, 1.82) is 0 Å². The molecule has 7 heteroatoms. The van der Waals surface area contributed by atoms with Crippen molar-refractivity contribution in [2.24, 2.45) is 5.92 Å². The lowest BCUT2D eigenvalue weighted by Crippen LogP contribution is -2.44. The van der Waals surface area contributed by atoms with Gasteiger partial charge in [-0.1, -0.05) is 20.8 Å². The lowest BCUT2D eigenvalue weighted by Gasteiger charge is -2.23. The fourth-order valence-corrected chi connectivity index (χ4v) is 2.40. The van der Waals surface area contributed by atoms with Gasteiger partial charge in [0.05, 0.1) is 11.9 Å². The Morgan fingerprint density at radius 1 is 1.21 bits per heavy atom. The first kappa shape index (κ1) is 20.3. The highest BCUT2D eigenvalue weighted by molar-refractivity contribution is 7.92. The zero-order chi connectivity index (χ0) is 18.5. The van der Waals surface area contributed by atoms with Gasteiger partial charge in [-0.25, -0.2) is 8.42 Å². The fourth-order valence-electron chi connectivity index (χ4n) is 1.90. The topological polar surface area (TPSA) is 75.7 Å². The van der Waals surface area contributed by atoms with E-state index in [2.05, 4.69) is 5.32 Å². The minimum absolute atomic E-state index is 0.0703. The SMILES string of the molecule is CC[C@H](Oc1ccc(N(C)S(C)(=O)=O)cc1)C(=O)N[C@H](C)C(C)C. The van der Waals surface area contributed by atoms with Gasteiger partial charge in [0.15, 0.2) is 6.10 Å². The predicted molar refractivity (Wildman–Crippen MR) is 96.8 cm³/mol. The standard InChI is InChI=1S/C17H28N2O4S/c1-7-16(17(20)18-13(4)12(2)3)23-15-10-8-14(9-11-15)19(5)24(6,21)22/h8-13,16H,7H2,1-6H3,(H,18,20)/t13-,16+/m1/s1. The van der Waals surface area contributed by atoms with Crippen LogP contribution >= 0.6 is 0 Å². The molecule has 1 aromatic carbocycles. The van der Waals surface area contributed by atoms with Crippen LogP contribution in [0.25, 0.3) is 0 Å². The van der Waals surface area contributed by atoms with E-state index >= 15 is 0 Å². The first-order valence-electron chi connectivity index (χ1n) is 8.07. The molecule has 24 heavy (non-hydrogen) atoms. The van der Waals surface area contributed by atoms with Crippen LogP contribution in [0, 0.1) is 5.92 Å². The van der Waals surface area contributed by atoms with E-state index in [-0.39, 0.29) is 11.9 Å². The lowest BCUT2D eigenvalue weighted by atomic mass is 10.1. The van der Waals surface area contributed by atoms with Gasteiger partial charge in [0, 0.05) is 13.1 Å². The summed E-state index contributed by atoms with van der Waals surface area (Å²) in [5.41, 5.74) is 0.538. The molecule has 1 N–H and O–H groups in total. The number of carbonyl (C=O) groups is 1. The number of ether oxygens (including phenoxy) is 1. The van der Waals surface area contributed by atoms with Crippen LogP contribution in [0.3, 0.4) is 0 Å². The Kier molecular flexibility index (Phi) is 7.08. The predicted octanol–water partition coefficient (Wildman–Crippen LogP) is 2.40. The number of sulfonamides is 1. The summed E-state index contributed by atoms with van der Waals surface area (Å²) in [6.07, 6.45) is 1.11. The van der Waals surface area contributed by atoms with Gasteiger partial charge >= 0.3 is 0 Å². The van der Waals surface area contributed by atoms with Crippen LogP contribution < -0.4 is 14.4 Å². The second kappa shape index (κ2) is 8.37.